The first kappa shape index (κ1) is 19.8. The van der Waals surface area contributed by atoms with Crippen LogP contribution in [0, 0.1) is 16.6 Å². The number of nitrogens with one attached hydrogen (secondary N) is 3. The first-order chi connectivity index (χ1) is 14.2. The number of aromatic nitrogens is 3. The second kappa shape index (κ2) is 7.10. The number of thiophene rings is 1. The minimum Gasteiger partial charge on any atom is -0.419 e. The van der Waals surface area contributed by atoms with E-state index >= 15 is 4.39 Å². The van der Waals surface area contributed by atoms with E-state index < -0.39 is 17.2 Å². The van der Waals surface area contributed by atoms with E-state index in [0.29, 0.717) is 12.2 Å². The van der Waals surface area contributed by atoms with Gasteiger partial charge in [0.1, 0.15) is 16.4 Å². The number of nitrogens with two attached hydrogens (primary N) is 1. The van der Waals surface area contributed by atoms with Gasteiger partial charge in [-0.25, -0.2) is 9.18 Å². The van der Waals surface area contributed by atoms with Crippen LogP contribution in [0.5, 0.6) is 5.75 Å². The summed E-state index contributed by atoms with van der Waals surface area (Å²) < 4.78 is 20.4. The average molecular weight is 430 g/mol. The number of rotatable bonds is 1. The molecule has 0 saturated carbocycles. The Balaban J connectivity index is 1.80. The molecule has 30 heavy (non-hydrogen) atoms. The number of carbonyl (C=O) groups excluding carboxylic acids is 2. The lowest BCUT2D eigenvalue weighted by Gasteiger charge is -2.24. The van der Waals surface area contributed by atoms with Crippen molar-refractivity contribution in [1.82, 2.24) is 20.3 Å². The predicted molar refractivity (Wildman–Crippen MR) is 107 cm³/mol. The number of H-pyrrole nitrogens is 1. The zero-order valence-corrected chi connectivity index (χ0v) is 17.0. The molecule has 9 nitrogen and oxygen atoms in total. The van der Waals surface area contributed by atoms with Gasteiger partial charge in [0.15, 0.2) is 17.4 Å². The lowest BCUT2D eigenvalue weighted by molar-refractivity contribution is -0.129. The highest BCUT2D eigenvalue weighted by Crippen LogP contribution is 2.31. The van der Waals surface area contributed by atoms with Gasteiger partial charge >= 0.3 is 5.97 Å². The number of nitrogen functional groups attached to an aromatic ring is 1. The maximum atomic E-state index is 15.2. The Bertz CT molecular complexity index is 1160. The molecule has 0 radical (unpaired) electrons. The van der Waals surface area contributed by atoms with Crippen LogP contribution in [0.3, 0.4) is 0 Å². The minimum absolute atomic E-state index is 0.0762. The quantitative estimate of drug-likeness (QED) is 0.203. The molecule has 0 aliphatic carbocycles. The number of nitrogens with zero attached hydrogens (tertiary/aromatic N) is 2. The van der Waals surface area contributed by atoms with Crippen LogP contribution in [0.2, 0.25) is 0 Å². The fourth-order valence-corrected chi connectivity index (χ4v) is 4.24. The van der Waals surface area contributed by atoms with Gasteiger partial charge in [-0.1, -0.05) is 13.8 Å². The molecule has 0 fully saturated rings. The molecule has 0 unspecified atom stereocenters. The van der Waals surface area contributed by atoms with Gasteiger partial charge in [-0.05, 0) is 30.7 Å². The van der Waals surface area contributed by atoms with Gasteiger partial charge in [0.2, 0.25) is 5.91 Å². The van der Waals surface area contributed by atoms with E-state index in [1.54, 1.807) is 12.1 Å². The molecule has 0 atom stereocenters. The third-order valence-electron chi connectivity index (χ3n) is 4.75. The molecule has 156 valence electrons. The van der Waals surface area contributed by atoms with Crippen molar-refractivity contribution in [2.24, 2.45) is 11.1 Å². The van der Waals surface area contributed by atoms with Crippen molar-refractivity contribution < 1.29 is 18.7 Å². The molecule has 2 aromatic heterocycles. The molecule has 1 amide bonds. The second-order valence-electron chi connectivity index (χ2n) is 7.56. The maximum Gasteiger partial charge on any atom is 0.353 e. The Morgan fingerprint density at radius 1 is 1.33 bits per heavy atom. The number of fused-ring (bicyclic) bond motifs is 5. The van der Waals surface area contributed by atoms with Crippen LogP contribution in [0.1, 0.15) is 39.8 Å². The maximum absolute atomic E-state index is 15.2. The van der Waals surface area contributed by atoms with Crippen LogP contribution in [0.4, 0.5) is 4.39 Å². The average Bonchev–Trinajstić information content (AvgIpc) is 3.09. The van der Waals surface area contributed by atoms with Crippen molar-refractivity contribution in [2.75, 3.05) is 0 Å². The number of amides is 1. The number of halogens is 1. The molecule has 2 aliphatic rings. The fourth-order valence-electron chi connectivity index (χ4n) is 3.13. The topological polar surface area (TPSA) is 139 Å². The van der Waals surface area contributed by atoms with E-state index in [4.69, 9.17) is 15.9 Å². The Labute approximate surface area is 174 Å². The summed E-state index contributed by atoms with van der Waals surface area (Å²) in [7, 11) is 0. The Kier molecular flexibility index (Phi) is 4.69. The lowest BCUT2D eigenvalue weighted by Crippen LogP contribution is -2.39. The molecule has 5 rings (SSSR count). The summed E-state index contributed by atoms with van der Waals surface area (Å²) in [6, 6.07) is 5.97. The number of esters is 1. The van der Waals surface area contributed by atoms with Crippen LogP contribution in [0.15, 0.2) is 24.3 Å². The van der Waals surface area contributed by atoms with Crippen molar-refractivity contribution in [1.29, 1.82) is 5.41 Å². The molecular weight excluding hydrogens is 411 g/mol. The van der Waals surface area contributed by atoms with Crippen LogP contribution < -0.4 is 15.8 Å². The summed E-state index contributed by atoms with van der Waals surface area (Å²) in [5.74, 6) is -2.07. The van der Waals surface area contributed by atoms with E-state index in [9.17, 15) is 9.59 Å². The molecule has 1 aromatic carbocycles. The summed E-state index contributed by atoms with van der Waals surface area (Å²) in [6.07, 6.45) is 0.425. The highest BCUT2D eigenvalue weighted by molar-refractivity contribution is 7.14. The first-order valence-corrected chi connectivity index (χ1v) is 9.88. The summed E-state index contributed by atoms with van der Waals surface area (Å²) >= 11 is 1.19. The summed E-state index contributed by atoms with van der Waals surface area (Å²) in [5, 5.41) is 17.4. The highest BCUT2D eigenvalue weighted by atomic mass is 32.1. The minimum atomic E-state index is -0.889. The molecule has 2 aliphatic heterocycles. The zero-order chi connectivity index (χ0) is 21.6. The van der Waals surface area contributed by atoms with Crippen molar-refractivity contribution >= 4 is 29.0 Å². The van der Waals surface area contributed by atoms with Gasteiger partial charge in [-0.15, -0.1) is 16.4 Å². The largest absolute Gasteiger partial charge is 0.419 e. The zero-order valence-electron chi connectivity index (χ0n) is 16.2. The Hall–Kier alpha value is -3.47. The summed E-state index contributed by atoms with van der Waals surface area (Å²) in [6.45, 7) is 3.75. The fraction of sp³-hybridized carbons (Fsp3) is 0.263. The molecular formula is C19H19FN6O3S. The van der Waals surface area contributed by atoms with E-state index in [1.165, 1.54) is 23.5 Å². The monoisotopic (exact) mass is 430 g/mol. The standard InChI is InChI=1S/C19H19FN6O3S/c1-19(2)7-9-3-6-12(30-9)17(27)29-11-5-4-10(16(21)22)15(14(11)20)26-24-13(25-26)8-23-18(19)28/h3-6H,7-8H2,1-2H3,(H3,21,22)(H,23,28)(H,24,25). The number of ether oxygens (including phenoxy) is 1. The third-order valence-corrected chi connectivity index (χ3v) is 5.82. The van der Waals surface area contributed by atoms with Gasteiger partial charge in [-0.2, -0.15) is 4.80 Å². The van der Waals surface area contributed by atoms with E-state index in [1.807, 2.05) is 13.8 Å². The van der Waals surface area contributed by atoms with Gasteiger partial charge < -0.3 is 15.8 Å². The Morgan fingerprint density at radius 3 is 2.77 bits per heavy atom. The van der Waals surface area contributed by atoms with E-state index in [-0.39, 0.29) is 40.2 Å². The number of aromatic amines is 1. The van der Waals surface area contributed by atoms with E-state index in [2.05, 4.69) is 15.5 Å². The SMILES string of the molecule is CC1(C)Cc2ccc(s2)C(=O)Oc2ccc(C(=N)N)c(c2F)-n2nc([nH]2)CNC1=O. The van der Waals surface area contributed by atoms with Crippen molar-refractivity contribution in [2.45, 2.75) is 26.8 Å². The molecule has 0 saturated heterocycles. The number of amidine groups is 1. The smallest absolute Gasteiger partial charge is 0.353 e. The van der Waals surface area contributed by atoms with E-state index in [0.717, 1.165) is 9.67 Å². The molecule has 5 N–H and O–H groups in total. The van der Waals surface area contributed by atoms with Gasteiger partial charge in [0.05, 0.1) is 6.54 Å². The van der Waals surface area contributed by atoms with Gasteiger partial charge in [0, 0.05) is 15.9 Å². The Morgan fingerprint density at radius 2 is 2.07 bits per heavy atom. The lowest BCUT2D eigenvalue weighted by atomic mass is 9.87. The summed E-state index contributed by atoms with van der Waals surface area (Å²) in [4.78, 5) is 27.4. The number of hydrogen-bond donors (Lipinski definition) is 4. The molecule has 3 aromatic rings. The van der Waals surface area contributed by atoms with Crippen LogP contribution in [-0.2, 0) is 17.8 Å². The van der Waals surface area contributed by atoms with Crippen LogP contribution >= 0.6 is 11.3 Å². The van der Waals surface area contributed by atoms with Crippen LogP contribution in [-0.4, -0.2) is 32.7 Å². The second-order valence-corrected chi connectivity index (χ2v) is 8.72. The first-order valence-electron chi connectivity index (χ1n) is 9.06. The van der Waals surface area contributed by atoms with Gasteiger partial charge in [0.25, 0.3) is 0 Å². The van der Waals surface area contributed by atoms with Crippen molar-refractivity contribution in [3.8, 4) is 11.4 Å². The third kappa shape index (κ3) is 3.47. The number of hydrogen-bond acceptors (Lipinski definition) is 6. The highest BCUT2D eigenvalue weighted by Gasteiger charge is 2.30. The normalized spacial score (nSPS) is 16.1. The summed E-state index contributed by atoms with van der Waals surface area (Å²) in [5.41, 5.74) is 4.77. The van der Waals surface area contributed by atoms with Gasteiger partial charge in [-0.3, -0.25) is 15.3 Å². The molecule has 4 heterocycles. The molecule has 11 heteroatoms. The molecule has 6 bridgehead atoms. The molecule has 0 spiro atoms. The number of carbonyl (C=O) groups is 2. The van der Waals surface area contributed by atoms with Crippen LogP contribution in [0.25, 0.3) is 5.69 Å². The predicted octanol–water partition coefficient (Wildman–Crippen LogP) is 2.10. The van der Waals surface area contributed by atoms with Crippen molar-refractivity contribution in [3.05, 3.63) is 51.2 Å². The van der Waals surface area contributed by atoms with Crippen molar-refractivity contribution in [3.63, 3.8) is 0 Å². The number of benzene rings is 1.